The van der Waals surface area contributed by atoms with Crippen molar-refractivity contribution in [1.29, 1.82) is 0 Å². The summed E-state index contributed by atoms with van der Waals surface area (Å²) in [5, 5.41) is 16.7. The van der Waals surface area contributed by atoms with Crippen LogP contribution in [0.25, 0.3) is 0 Å². The Morgan fingerprint density at radius 2 is 1.96 bits per heavy atom. The minimum Gasteiger partial charge on any atom is -0.388 e. The van der Waals surface area contributed by atoms with E-state index in [2.05, 4.69) is 15.2 Å². The standard InChI is InChI=1S/C20H27N3O2/c1-15(14-19(24)16-6-3-2-4-7-16)22-20(25)18-8-5-13-23(18)17-9-11-21-12-10-17/h2-8,13,15,17,19,21,24H,9-12,14H2,1H3,(H,22,25). The van der Waals surface area contributed by atoms with Crippen LogP contribution in [0.2, 0.25) is 0 Å². The van der Waals surface area contributed by atoms with Crippen LogP contribution in [0.1, 0.15) is 54.4 Å². The molecule has 1 amide bonds. The summed E-state index contributed by atoms with van der Waals surface area (Å²) < 4.78 is 2.09. The zero-order valence-corrected chi connectivity index (χ0v) is 14.7. The molecule has 0 bridgehead atoms. The summed E-state index contributed by atoms with van der Waals surface area (Å²) in [6.07, 6.45) is 3.99. The van der Waals surface area contributed by atoms with Crippen molar-refractivity contribution >= 4 is 5.91 Å². The lowest BCUT2D eigenvalue weighted by atomic mass is 10.0. The smallest absolute Gasteiger partial charge is 0.268 e. The number of rotatable bonds is 6. The molecule has 1 aromatic carbocycles. The largest absolute Gasteiger partial charge is 0.388 e. The monoisotopic (exact) mass is 341 g/mol. The summed E-state index contributed by atoms with van der Waals surface area (Å²) >= 11 is 0. The van der Waals surface area contributed by atoms with Crippen LogP contribution >= 0.6 is 0 Å². The van der Waals surface area contributed by atoms with E-state index >= 15 is 0 Å². The minimum absolute atomic E-state index is 0.0729. The Labute approximate surface area is 149 Å². The van der Waals surface area contributed by atoms with Gasteiger partial charge in [0.15, 0.2) is 0 Å². The van der Waals surface area contributed by atoms with Gasteiger partial charge < -0.3 is 20.3 Å². The fourth-order valence-corrected chi connectivity index (χ4v) is 3.49. The van der Waals surface area contributed by atoms with Gasteiger partial charge in [0.1, 0.15) is 5.69 Å². The summed E-state index contributed by atoms with van der Waals surface area (Å²) in [4.78, 5) is 12.7. The van der Waals surface area contributed by atoms with E-state index in [1.54, 1.807) is 0 Å². The number of aromatic nitrogens is 1. The summed E-state index contributed by atoms with van der Waals surface area (Å²) in [5.74, 6) is -0.0729. The molecule has 1 aromatic heterocycles. The maximum Gasteiger partial charge on any atom is 0.268 e. The first-order valence-electron chi connectivity index (χ1n) is 9.06. The molecule has 1 fully saturated rings. The SMILES string of the molecule is CC(CC(O)c1ccccc1)NC(=O)c1cccn1C1CCNCC1. The van der Waals surface area contributed by atoms with E-state index in [4.69, 9.17) is 0 Å². The van der Waals surface area contributed by atoms with Crippen LogP contribution in [0, 0.1) is 0 Å². The molecule has 1 aliphatic heterocycles. The summed E-state index contributed by atoms with van der Waals surface area (Å²) in [6, 6.07) is 13.6. The molecule has 5 heteroatoms. The second kappa shape index (κ2) is 8.32. The molecule has 0 aliphatic carbocycles. The number of hydrogen-bond acceptors (Lipinski definition) is 3. The minimum atomic E-state index is -0.576. The molecule has 3 N–H and O–H groups in total. The molecule has 0 spiro atoms. The van der Waals surface area contributed by atoms with Crippen LogP contribution in [0.15, 0.2) is 48.7 Å². The summed E-state index contributed by atoms with van der Waals surface area (Å²) in [5.41, 5.74) is 1.58. The molecule has 3 rings (SSSR count). The molecule has 5 nitrogen and oxygen atoms in total. The summed E-state index contributed by atoms with van der Waals surface area (Å²) in [7, 11) is 0. The number of nitrogens with one attached hydrogen (secondary N) is 2. The van der Waals surface area contributed by atoms with Crippen molar-refractivity contribution in [3.05, 3.63) is 59.9 Å². The molecule has 0 radical (unpaired) electrons. The Hall–Kier alpha value is -2.11. The molecule has 2 aromatic rings. The number of nitrogens with zero attached hydrogens (tertiary/aromatic N) is 1. The first-order valence-corrected chi connectivity index (χ1v) is 9.06. The maximum atomic E-state index is 12.7. The van der Waals surface area contributed by atoms with Gasteiger partial charge in [0, 0.05) is 18.3 Å². The Morgan fingerprint density at radius 3 is 2.68 bits per heavy atom. The van der Waals surface area contributed by atoms with E-state index in [0.29, 0.717) is 18.2 Å². The predicted molar refractivity (Wildman–Crippen MR) is 98.5 cm³/mol. The van der Waals surface area contributed by atoms with E-state index in [-0.39, 0.29) is 11.9 Å². The third-order valence-electron chi connectivity index (χ3n) is 4.85. The van der Waals surface area contributed by atoms with Crippen molar-refractivity contribution in [2.45, 2.75) is 44.4 Å². The number of aliphatic hydroxyl groups excluding tert-OH is 1. The number of carbonyl (C=O) groups excluding carboxylic acids is 1. The second-order valence-corrected chi connectivity index (χ2v) is 6.82. The Kier molecular flexibility index (Phi) is 5.89. The van der Waals surface area contributed by atoms with Crippen LogP contribution in [0.5, 0.6) is 0 Å². The Balaban J connectivity index is 1.59. The van der Waals surface area contributed by atoms with E-state index in [1.165, 1.54) is 0 Å². The van der Waals surface area contributed by atoms with Gasteiger partial charge in [-0.05, 0) is 57.0 Å². The van der Waals surface area contributed by atoms with Crippen LogP contribution in [-0.4, -0.2) is 34.7 Å². The number of amides is 1. The van der Waals surface area contributed by atoms with Gasteiger partial charge in [-0.1, -0.05) is 30.3 Å². The number of aliphatic hydroxyl groups is 1. The highest BCUT2D eigenvalue weighted by molar-refractivity contribution is 5.93. The van der Waals surface area contributed by atoms with Gasteiger partial charge in [-0.15, -0.1) is 0 Å². The van der Waals surface area contributed by atoms with Gasteiger partial charge in [0.05, 0.1) is 6.10 Å². The van der Waals surface area contributed by atoms with Gasteiger partial charge >= 0.3 is 0 Å². The number of benzene rings is 1. The quantitative estimate of drug-likeness (QED) is 0.757. The van der Waals surface area contributed by atoms with Gasteiger partial charge in [-0.3, -0.25) is 4.79 Å². The Bertz CT molecular complexity index is 677. The molecular formula is C20H27N3O2. The van der Waals surface area contributed by atoms with Gasteiger partial charge in [-0.25, -0.2) is 0 Å². The lowest BCUT2D eigenvalue weighted by Gasteiger charge is -2.26. The number of carbonyl (C=O) groups is 1. The molecule has 0 saturated carbocycles. The molecule has 1 aliphatic rings. The van der Waals surface area contributed by atoms with E-state index < -0.39 is 6.10 Å². The second-order valence-electron chi connectivity index (χ2n) is 6.82. The molecule has 134 valence electrons. The highest BCUT2D eigenvalue weighted by Gasteiger charge is 2.21. The third-order valence-corrected chi connectivity index (χ3v) is 4.85. The van der Waals surface area contributed by atoms with Crippen molar-refractivity contribution < 1.29 is 9.90 Å². The normalized spacial score (nSPS) is 17.8. The number of hydrogen-bond donors (Lipinski definition) is 3. The molecular weight excluding hydrogens is 314 g/mol. The van der Waals surface area contributed by atoms with Gasteiger partial charge in [0.2, 0.25) is 0 Å². The maximum absolute atomic E-state index is 12.7. The topological polar surface area (TPSA) is 66.3 Å². The van der Waals surface area contributed by atoms with Crippen molar-refractivity contribution in [3.8, 4) is 0 Å². The van der Waals surface area contributed by atoms with Crippen LogP contribution in [0.3, 0.4) is 0 Å². The molecule has 25 heavy (non-hydrogen) atoms. The van der Waals surface area contributed by atoms with Crippen LogP contribution in [0.4, 0.5) is 0 Å². The predicted octanol–water partition coefficient (Wildman–Crippen LogP) is 2.65. The zero-order chi connectivity index (χ0) is 17.6. The van der Waals surface area contributed by atoms with Crippen molar-refractivity contribution in [1.82, 2.24) is 15.2 Å². The van der Waals surface area contributed by atoms with Crippen molar-refractivity contribution in [3.63, 3.8) is 0 Å². The number of piperidine rings is 1. The lowest BCUT2D eigenvalue weighted by molar-refractivity contribution is 0.0904. The van der Waals surface area contributed by atoms with Gasteiger partial charge in [0.25, 0.3) is 5.91 Å². The average molecular weight is 341 g/mol. The van der Waals surface area contributed by atoms with Crippen LogP contribution in [-0.2, 0) is 0 Å². The fourth-order valence-electron chi connectivity index (χ4n) is 3.49. The third kappa shape index (κ3) is 4.50. The lowest BCUT2D eigenvalue weighted by Crippen LogP contribution is -2.36. The molecule has 2 unspecified atom stereocenters. The van der Waals surface area contributed by atoms with Gasteiger partial charge in [-0.2, -0.15) is 0 Å². The molecule has 1 saturated heterocycles. The van der Waals surface area contributed by atoms with E-state index in [1.807, 2.05) is 55.6 Å². The first-order chi connectivity index (χ1) is 12.1. The van der Waals surface area contributed by atoms with Crippen molar-refractivity contribution in [2.75, 3.05) is 13.1 Å². The highest BCUT2D eigenvalue weighted by Crippen LogP contribution is 2.22. The Morgan fingerprint density at radius 1 is 1.24 bits per heavy atom. The van der Waals surface area contributed by atoms with E-state index in [9.17, 15) is 9.90 Å². The van der Waals surface area contributed by atoms with Crippen LogP contribution < -0.4 is 10.6 Å². The highest BCUT2D eigenvalue weighted by atomic mass is 16.3. The van der Waals surface area contributed by atoms with E-state index in [0.717, 1.165) is 31.5 Å². The molecule has 2 heterocycles. The zero-order valence-electron chi connectivity index (χ0n) is 14.7. The van der Waals surface area contributed by atoms with Crippen molar-refractivity contribution in [2.24, 2.45) is 0 Å². The first kappa shape index (κ1) is 17.7. The average Bonchev–Trinajstić information content (AvgIpc) is 3.13. The molecule has 2 atom stereocenters. The fraction of sp³-hybridized carbons (Fsp3) is 0.450. The summed E-state index contributed by atoms with van der Waals surface area (Å²) in [6.45, 7) is 3.91.